The molecule has 2 heterocycles. The molecule has 2 aliphatic heterocycles. The molecule has 150 valence electrons. The normalized spacial score (nSPS) is 21.4. The van der Waals surface area contributed by atoms with E-state index in [0.29, 0.717) is 38.7 Å². The molecule has 0 radical (unpaired) electrons. The molecule has 27 heavy (non-hydrogen) atoms. The molecule has 2 fully saturated rings. The maximum absolute atomic E-state index is 12.8. The molecule has 0 spiro atoms. The van der Waals surface area contributed by atoms with Gasteiger partial charge in [-0.3, -0.25) is 4.79 Å². The van der Waals surface area contributed by atoms with Gasteiger partial charge in [0.1, 0.15) is 18.5 Å². The molecular formula is C18H26N2O6S. The zero-order valence-electron chi connectivity index (χ0n) is 15.5. The Labute approximate surface area is 160 Å². The van der Waals surface area contributed by atoms with Gasteiger partial charge < -0.3 is 19.1 Å². The first-order chi connectivity index (χ1) is 13.0. The van der Waals surface area contributed by atoms with Crippen LogP contribution in [-0.4, -0.2) is 82.7 Å². The van der Waals surface area contributed by atoms with Crippen molar-refractivity contribution >= 4 is 15.9 Å². The summed E-state index contributed by atoms with van der Waals surface area (Å²) in [6, 6.07) is 6.36. The maximum Gasteiger partial charge on any atom is 0.251 e. The van der Waals surface area contributed by atoms with Crippen LogP contribution in [0.15, 0.2) is 29.2 Å². The Balaban J connectivity index is 1.57. The summed E-state index contributed by atoms with van der Waals surface area (Å²) in [6.07, 6.45) is 1.28. The molecule has 0 aliphatic carbocycles. The van der Waals surface area contributed by atoms with Gasteiger partial charge in [-0.15, -0.1) is 0 Å². The quantitative estimate of drug-likeness (QED) is 0.630. The molecule has 1 atom stereocenters. The van der Waals surface area contributed by atoms with Gasteiger partial charge in [-0.25, -0.2) is 8.42 Å². The lowest BCUT2D eigenvalue weighted by Crippen LogP contribution is -2.52. The van der Waals surface area contributed by atoms with Crippen LogP contribution < -0.4 is 4.74 Å². The van der Waals surface area contributed by atoms with Crippen molar-refractivity contribution in [3.8, 4) is 5.75 Å². The van der Waals surface area contributed by atoms with Crippen LogP contribution in [0.3, 0.4) is 0 Å². The fourth-order valence-electron chi connectivity index (χ4n) is 3.22. The molecule has 0 N–H and O–H groups in total. The molecule has 3 rings (SSSR count). The van der Waals surface area contributed by atoms with Gasteiger partial charge in [0.05, 0.1) is 11.5 Å². The Bertz CT molecular complexity index is 723. The summed E-state index contributed by atoms with van der Waals surface area (Å²) in [5.41, 5.74) is 0. The lowest BCUT2D eigenvalue weighted by molar-refractivity contribution is -0.142. The van der Waals surface area contributed by atoms with Crippen molar-refractivity contribution in [2.45, 2.75) is 23.8 Å². The molecule has 9 heteroatoms. The lowest BCUT2D eigenvalue weighted by Gasteiger charge is -2.35. The fourth-order valence-corrected chi connectivity index (χ4v) is 4.65. The van der Waals surface area contributed by atoms with Crippen molar-refractivity contribution < 1.29 is 27.4 Å². The summed E-state index contributed by atoms with van der Waals surface area (Å²) in [7, 11) is -2.00. The van der Waals surface area contributed by atoms with Crippen molar-refractivity contribution in [2.75, 3.05) is 53.1 Å². The Hall–Kier alpha value is -1.68. The Morgan fingerprint density at radius 3 is 2.44 bits per heavy atom. The van der Waals surface area contributed by atoms with Gasteiger partial charge >= 0.3 is 0 Å². The van der Waals surface area contributed by atoms with Gasteiger partial charge in [0.25, 0.3) is 5.91 Å². The van der Waals surface area contributed by atoms with E-state index in [1.807, 2.05) is 0 Å². The average Bonchev–Trinajstić information content (AvgIpc) is 3.23. The molecule has 0 unspecified atom stereocenters. The van der Waals surface area contributed by atoms with E-state index in [-0.39, 0.29) is 30.0 Å². The van der Waals surface area contributed by atoms with Crippen LogP contribution in [0.4, 0.5) is 0 Å². The van der Waals surface area contributed by atoms with Gasteiger partial charge in [0, 0.05) is 39.9 Å². The minimum atomic E-state index is -3.59. The van der Waals surface area contributed by atoms with Crippen LogP contribution in [0.5, 0.6) is 5.75 Å². The second-order valence-electron chi connectivity index (χ2n) is 6.54. The van der Waals surface area contributed by atoms with Gasteiger partial charge in [-0.05, 0) is 37.1 Å². The number of amides is 1. The largest absolute Gasteiger partial charge is 0.491 e. The van der Waals surface area contributed by atoms with Gasteiger partial charge in [-0.1, -0.05) is 0 Å². The first kappa shape index (κ1) is 20.1. The highest BCUT2D eigenvalue weighted by Crippen LogP contribution is 2.22. The zero-order valence-corrected chi connectivity index (χ0v) is 16.3. The number of methoxy groups -OCH3 is 1. The van der Waals surface area contributed by atoms with Crippen LogP contribution in [0.2, 0.25) is 0 Å². The van der Waals surface area contributed by atoms with Gasteiger partial charge in [0.2, 0.25) is 10.0 Å². The van der Waals surface area contributed by atoms with E-state index in [9.17, 15) is 13.2 Å². The third-order valence-electron chi connectivity index (χ3n) is 4.77. The summed E-state index contributed by atoms with van der Waals surface area (Å²) >= 11 is 0. The molecule has 0 aromatic heterocycles. The summed E-state index contributed by atoms with van der Waals surface area (Å²) in [4.78, 5) is 14.3. The molecule has 1 aromatic rings. The Morgan fingerprint density at radius 1 is 1.15 bits per heavy atom. The first-order valence-corrected chi connectivity index (χ1v) is 10.6. The van der Waals surface area contributed by atoms with Crippen LogP contribution in [0.25, 0.3) is 0 Å². The third-order valence-corrected chi connectivity index (χ3v) is 6.69. The summed E-state index contributed by atoms with van der Waals surface area (Å²) in [6.45, 7) is 2.83. The van der Waals surface area contributed by atoms with Crippen LogP contribution in [0.1, 0.15) is 12.8 Å². The van der Waals surface area contributed by atoms with Crippen LogP contribution in [-0.2, 0) is 24.3 Å². The number of ether oxygens (including phenoxy) is 3. The number of carbonyl (C=O) groups is 1. The second kappa shape index (κ2) is 9.01. The predicted molar refractivity (Wildman–Crippen MR) is 98.1 cm³/mol. The molecule has 2 aliphatic rings. The highest BCUT2D eigenvalue weighted by atomic mass is 32.2. The topological polar surface area (TPSA) is 85.4 Å². The predicted octanol–water partition coefficient (Wildman–Crippen LogP) is 0.724. The van der Waals surface area contributed by atoms with Crippen molar-refractivity contribution in [1.29, 1.82) is 0 Å². The number of sulfonamides is 1. The molecule has 8 nitrogen and oxygen atoms in total. The number of piperazine rings is 1. The fraction of sp³-hybridized carbons (Fsp3) is 0.611. The number of nitrogens with zero attached hydrogens (tertiary/aromatic N) is 2. The Kier molecular flexibility index (Phi) is 6.69. The van der Waals surface area contributed by atoms with E-state index >= 15 is 0 Å². The van der Waals surface area contributed by atoms with Gasteiger partial charge in [0.15, 0.2) is 0 Å². The van der Waals surface area contributed by atoms with E-state index in [2.05, 4.69) is 0 Å². The second-order valence-corrected chi connectivity index (χ2v) is 8.48. The minimum Gasteiger partial charge on any atom is -0.491 e. The van der Waals surface area contributed by atoms with E-state index in [0.717, 1.165) is 12.8 Å². The van der Waals surface area contributed by atoms with E-state index in [1.54, 1.807) is 36.3 Å². The molecule has 2 saturated heterocycles. The Morgan fingerprint density at radius 2 is 1.85 bits per heavy atom. The SMILES string of the molecule is COCCOc1ccc(S(=O)(=O)N2CCN(C(=O)[C@@H]3CCCO3)CC2)cc1. The van der Waals surface area contributed by atoms with Crippen molar-refractivity contribution in [2.24, 2.45) is 0 Å². The average molecular weight is 398 g/mol. The smallest absolute Gasteiger partial charge is 0.251 e. The van der Waals surface area contributed by atoms with Crippen LogP contribution in [0, 0.1) is 0 Å². The number of hydrogen-bond acceptors (Lipinski definition) is 6. The standard InChI is InChI=1S/C18H26N2O6S/c1-24-13-14-25-15-4-6-16(7-5-15)27(22,23)20-10-8-19(9-11-20)18(21)17-3-2-12-26-17/h4-7,17H,2-3,8-14H2,1H3/t17-/m0/s1. The number of hydrogen-bond donors (Lipinski definition) is 0. The molecule has 1 aromatic carbocycles. The third kappa shape index (κ3) is 4.78. The van der Waals surface area contributed by atoms with Gasteiger partial charge in [-0.2, -0.15) is 4.31 Å². The highest BCUT2D eigenvalue weighted by Gasteiger charge is 2.33. The highest BCUT2D eigenvalue weighted by molar-refractivity contribution is 7.89. The molecule has 1 amide bonds. The maximum atomic E-state index is 12.8. The first-order valence-electron chi connectivity index (χ1n) is 9.15. The lowest BCUT2D eigenvalue weighted by atomic mass is 10.2. The van der Waals surface area contributed by atoms with Crippen molar-refractivity contribution in [3.05, 3.63) is 24.3 Å². The van der Waals surface area contributed by atoms with E-state index < -0.39 is 10.0 Å². The van der Waals surface area contributed by atoms with Crippen molar-refractivity contribution in [3.63, 3.8) is 0 Å². The summed E-state index contributed by atoms with van der Waals surface area (Å²) in [5, 5.41) is 0. The zero-order chi connectivity index (χ0) is 19.3. The number of rotatable bonds is 7. The molecule has 0 bridgehead atoms. The molecule has 0 saturated carbocycles. The minimum absolute atomic E-state index is 0.0258. The van der Waals surface area contributed by atoms with Crippen LogP contribution >= 0.6 is 0 Å². The number of benzene rings is 1. The number of carbonyl (C=O) groups excluding carboxylic acids is 1. The monoisotopic (exact) mass is 398 g/mol. The van der Waals surface area contributed by atoms with E-state index in [4.69, 9.17) is 14.2 Å². The summed E-state index contributed by atoms with van der Waals surface area (Å²) < 4.78 is 42.9. The summed E-state index contributed by atoms with van der Waals surface area (Å²) in [5.74, 6) is 0.570. The molecular weight excluding hydrogens is 372 g/mol. The van der Waals surface area contributed by atoms with E-state index in [1.165, 1.54) is 4.31 Å². The van der Waals surface area contributed by atoms with Crippen molar-refractivity contribution in [1.82, 2.24) is 9.21 Å².